The number of piperidine rings is 1. The Bertz CT molecular complexity index is 949. The number of carbonyl (C=O) groups is 1. The molecule has 3 atom stereocenters. The van der Waals surface area contributed by atoms with Gasteiger partial charge in [-0.3, -0.25) is 4.90 Å². The molecule has 0 amide bonds. The summed E-state index contributed by atoms with van der Waals surface area (Å²) >= 11 is 0. The SMILES string of the molecule is O=C(O[C@H]1CN(Cc2ccccc2)C[C@@H](O)[C@@H]1OCc1ccccc1)c1ccccc1. The highest BCUT2D eigenvalue weighted by molar-refractivity contribution is 5.89. The predicted molar refractivity (Wildman–Crippen MR) is 118 cm³/mol. The van der Waals surface area contributed by atoms with Crippen molar-refractivity contribution in [2.75, 3.05) is 13.1 Å². The van der Waals surface area contributed by atoms with Gasteiger partial charge in [-0.05, 0) is 23.3 Å². The number of carbonyl (C=O) groups excluding carboxylic acids is 1. The second-order valence-electron chi connectivity index (χ2n) is 7.82. The Morgan fingerprint density at radius 3 is 2.06 bits per heavy atom. The van der Waals surface area contributed by atoms with Crippen LogP contribution in [0.2, 0.25) is 0 Å². The van der Waals surface area contributed by atoms with Gasteiger partial charge >= 0.3 is 5.97 Å². The van der Waals surface area contributed by atoms with Gasteiger partial charge in [-0.2, -0.15) is 0 Å². The summed E-state index contributed by atoms with van der Waals surface area (Å²) in [6.45, 7) is 1.96. The van der Waals surface area contributed by atoms with Crippen molar-refractivity contribution in [3.63, 3.8) is 0 Å². The minimum Gasteiger partial charge on any atom is -0.455 e. The fourth-order valence-electron chi connectivity index (χ4n) is 3.89. The molecular weight excluding hydrogens is 390 g/mol. The van der Waals surface area contributed by atoms with E-state index in [1.54, 1.807) is 24.3 Å². The summed E-state index contributed by atoms with van der Waals surface area (Å²) in [5.41, 5.74) is 2.64. The lowest BCUT2D eigenvalue weighted by Gasteiger charge is -2.41. The lowest BCUT2D eigenvalue weighted by Crippen LogP contribution is -2.57. The number of β-amino-alcohol motifs (C(OH)–C–C–N with tert-alkyl or cyclic N) is 1. The van der Waals surface area contributed by atoms with E-state index in [1.807, 2.05) is 54.6 Å². The third-order valence-corrected chi connectivity index (χ3v) is 5.43. The first-order valence-electron chi connectivity index (χ1n) is 10.5. The molecule has 31 heavy (non-hydrogen) atoms. The standard InChI is InChI=1S/C26H27NO4/c28-23-17-27(16-20-10-4-1-5-11-20)18-24(31-26(29)22-14-8-3-9-15-22)25(23)30-19-21-12-6-2-7-13-21/h1-15,23-25,28H,16-19H2/t23-,24+,25+/m1/s1. The van der Waals surface area contributed by atoms with Crippen LogP contribution in [0.5, 0.6) is 0 Å². The number of rotatable bonds is 7. The molecule has 0 bridgehead atoms. The maximum absolute atomic E-state index is 12.7. The van der Waals surface area contributed by atoms with E-state index < -0.39 is 24.3 Å². The molecular formula is C26H27NO4. The van der Waals surface area contributed by atoms with Crippen molar-refractivity contribution in [3.05, 3.63) is 108 Å². The molecule has 0 unspecified atom stereocenters. The molecule has 1 aliphatic rings. The van der Waals surface area contributed by atoms with E-state index in [-0.39, 0.29) is 0 Å². The van der Waals surface area contributed by atoms with Crippen LogP contribution in [0.25, 0.3) is 0 Å². The summed E-state index contributed by atoms with van der Waals surface area (Å²) in [6, 6.07) is 28.8. The molecule has 1 aliphatic heterocycles. The van der Waals surface area contributed by atoms with E-state index in [4.69, 9.17) is 9.47 Å². The van der Waals surface area contributed by atoms with Gasteiger partial charge in [0, 0.05) is 19.6 Å². The third kappa shape index (κ3) is 5.79. The van der Waals surface area contributed by atoms with Crippen molar-refractivity contribution in [2.45, 2.75) is 31.5 Å². The predicted octanol–water partition coefficient (Wildman–Crippen LogP) is 3.67. The van der Waals surface area contributed by atoms with Crippen molar-refractivity contribution >= 4 is 5.97 Å². The number of likely N-dealkylation sites (tertiary alicyclic amines) is 1. The van der Waals surface area contributed by atoms with Crippen molar-refractivity contribution in [1.82, 2.24) is 4.90 Å². The molecule has 4 rings (SSSR count). The highest BCUT2D eigenvalue weighted by atomic mass is 16.6. The zero-order chi connectivity index (χ0) is 21.5. The summed E-state index contributed by atoms with van der Waals surface area (Å²) < 4.78 is 11.9. The largest absolute Gasteiger partial charge is 0.455 e. The minimum atomic E-state index is -0.769. The van der Waals surface area contributed by atoms with Gasteiger partial charge in [0.25, 0.3) is 0 Å². The molecule has 3 aromatic carbocycles. The quantitative estimate of drug-likeness (QED) is 0.595. The third-order valence-electron chi connectivity index (χ3n) is 5.43. The zero-order valence-electron chi connectivity index (χ0n) is 17.3. The van der Waals surface area contributed by atoms with Gasteiger partial charge < -0.3 is 14.6 Å². The molecule has 1 fully saturated rings. The first kappa shape index (κ1) is 21.2. The number of ether oxygens (including phenoxy) is 2. The normalized spacial score (nSPS) is 21.5. The van der Waals surface area contributed by atoms with Gasteiger partial charge in [-0.15, -0.1) is 0 Å². The Morgan fingerprint density at radius 1 is 0.839 bits per heavy atom. The molecule has 1 heterocycles. The number of esters is 1. The summed E-state index contributed by atoms with van der Waals surface area (Å²) in [6.07, 6.45) is -1.95. The number of nitrogens with zero attached hydrogens (tertiary/aromatic N) is 1. The lowest BCUT2D eigenvalue weighted by atomic mass is 10.00. The molecule has 5 heteroatoms. The Hall–Kier alpha value is -2.99. The summed E-state index contributed by atoms with van der Waals surface area (Å²) in [5.74, 6) is -0.410. The smallest absolute Gasteiger partial charge is 0.338 e. The molecule has 0 saturated carbocycles. The number of hydrogen-bond acceptors (Lipinski definition) is 5. The average molecular weight is 418 g/mol. The van der Waals surface area contributed by atoms with Gasteiger partial charge in [0.15, 0.2) is 0 Å². The van der Waals surface area contributed by atoms with Crippen LogP contribution in [0.4, 0.5) is 0 Å². The molecule has 5 nitrogen and oxygen atoms in total. The molecule has 0 aliphatic carbocycles. The van der Waals surface area contributed by atoms with Crippen LogP contribution in [0.15, 0.2) is 91.0 Å². The van der Waals surface area contributed by atoms with Crippen molar-refractivity contribution < 1.29 is 19.4 Å². The van der Waals surface area contributed by atoms with Gasteiger partial charge in [0.1, 0.15) is 12.2 Å². The van der Waals surface area contributed by atoms with Gasteiger partial charge in [-0.1, -0.05) is 78.9 Å². The van der Waals surface area contributed by atoms with Crippen LogP contribution in [-0.4, -0.2) is 47.4 Å². The Balaban J connectivity index is 1.48. The first-order valence-corrected chi connectivity index (χ1v) is 10.5. The van der Waals surface area contributed by atoms with Crippen LogP contribution >= 0.6 is 0 Å². The first-order chi connectivity index (χ1) is 15.2. The Morgan fingerprint density at radius 2 is 1.42 bits per heavy atom. The van der Waals surface area contributed by atoms with Crippen LogP contribution in [0, 0.1) is 0 Å². The van der Waals surface area contributed by atoms with E-state index >= 15 is 0 Å². The van der Waals surface area contributed by atoms with Crippen LogP contribution in [-0.2, 0) is 22.6 Å². The molecule has 0 spiro atoms. The van der Waals surface area contributed by atoms with E-state index in [2.05, 4.69) is 17.0 Å². The number of aliphatic hydroxyl groups is 1. The van der Waals surface area contributed by atoms with Gasteiger partial charge in [-0.25, -0.2) is 4.79 Å². The molecule has 1 saturated heterocycles. The van der Waals surface area contributed by atoms with Crippen LogP contribution < -0.4 is 0 Å². The molecule has 3 aromatic rings. The second kappa shape index (κ2) is 10.4. The van der Waals surface area contributed by atoms with Crippen molar-refractivity contribution in [1.29, 1.82) is 0 Å². The van der Waals surface area contributed by atoms with Crippen LogP contribution in [0.1, 0.15) is 21.5 Å². The number of benzene rings is 3. The maximum atomic E-state index is 12.7. The Kier molecular flexibility index (Phi) is 7.10. The molecule has 0 aromatic heterocycles. The van der Waals surface area contributed by atoms with E-state index in [0.29, 0.717) is 31.8 Å². The van der Waals surface area contributed by atoms with Crippen molar-refractivity contribution in [2.24, 2.45) is 0 Å². The number of hydrogen-bond donors (Lipinski definition) is 1. The fourth-order valence-corrected chi connectivity index (χ4v) is 3.89. The molecule has 1 N–H and O–H groups in total. The fraction of sp³-hybridized carbons (Fsp3) is 0.269. The van der Waals surface area contributed by atoms with E-state index in [9.17, 15) is 9.90 Å². The second-order valence-corrected chi connectivity index (χ2v) is 7.82. The monoisotopic (exact) mass is 417 g/mol. The van der Waals surface area contributed by atoms with E-state index in [0.717, 1.165) is 11.1 Å². The lowest BCUT2D eigenvalue weighted by molar-refractivity contribution is -0.148. The summed E-state index contributed by atoms with van der Waals surface area (Å²) in [4.78, 5) is 14.8. The summed E-state index contributed by atoms with van der Waals surface area (Å²) in [7, 11) is 0. The number of aliphatic hydroxyl groups excluding tert-OH is 1. The highest BCUT2D eigenvalue weighted by Gasteiger charge is 2.39. The van der Waals surface area contributed by atoms with Gasteiger partial charge in [0.2, 0.25) is 0 Å². The zero-order valence-corrected chi connectivity index (χ0v) is 17.3. The van der Waals surface area contributed by atoms with Gasteiger partial charge in [0.05, 0.1) is 18.3 Å². The van der Waals surface area contributed by atoms with Crippen molar-refractivity contribution in [3.8, 4) is 0 Å². The van der Waals surface area contributed by atoms with E-state index in [1.165, 1.54) is 0 Å². The molecule has 160 valence electrons. The summed E-state index contributed by atoms with van der Waals surface area (Å²) in [5, 5.41) is 10.9. The molecule has 0 radical (unpaired) electrons. The minimum absolute atomic E-state index is 0.348. The maximum Gasteiger partial charge on any atom is 0.338 e. The van der Waals surface area contributed by atoms with Crippen LogP contribution in [0.3, 0.4) is 0 Å². The average Bonchev–Trinajstić information content (AvgIpc) is 2.80. The topological polar surface area (TPSA) is 59.0 Å². The Labute approximate surface area is 182 Å². The highest BCUT2D eigenvalue weighted by Crippen LogP contribution is 2.22.